The Morgan fingerprint density at radius 2 is 2.06 bits per heavy atom. The molecule has 1 amide bonds. The van der Waals surface area contributed by atoms with Crippen LogP contribution in [0.2, 0.25) is 0 Å². The van der Waals surface area contributed by atoms with E-state index in [2.05, 4.69) is 5.32 Å². The van der Waals surface area contributed by atoms with Crippen molar-refractivity contribution in [3.63, 3.8) is 0 Å². The number of hydrogen-bond donors (Lipinski definition) is 2. The first kappa shape index (κ1) is 14.3. The number of benzene rings is 1. The average molecular weight is 253 g/mol. The average Bonchev–Trinajstić information content (AvgIpc) is 2.35. The third-order valence-electron chi connectivity index (χ3n) is 2.69. The van der Waals surface area contributed by atoms with Crippen molar-refractivity contribution in [2.24, 2.45) is 0 Å². The Morgan fingerprint density at radius 1 is 1.39 bits per heavy atom. The molecular formula is C13H19NO4. The largest absolute Gasteiger partial charge is 0.497 e. The molecule has 1 aromatic carbocycles. The van der Waals surface area contributed by atoms with Crippen LogP contribution in [-0.4, -0.2) is 31.8 Å². The van der Waals surface area contributed by atoms with Crippen LogP contribution in [0.1, 0.15) is 24.1 Å². The number of rotatable bonds is 5. The molecule has 0 heterocycles. The van der Waals surface area contributed by atoms with Gasteiger partial charge in [-0.1, -0.05) is 0 Å². The Bertz CT molecular complexity index is 431. The predicted octanol–water partition coefficient (Wildman–Crippen LogP) is 1.18. The minimum Gasteiger partial charge on any atom is -0.497 e. The van der Waals surface area contributed by atoms with Gasteiger partial charge in [0.15, 0.2) is 0 Å². The maximum atomic E-state index is 11.1. The maximum absolute atomic E-state index is 11.1. The minimum absolute atomic E-state index is 0.191. The highest BCUT2D eigenvalue weighted by Gasteiger charge is 2.19. The molecule has 18 heavy (non-hydrogen) atoms. The van der Waals surface area contributed by atoms with Gasteiger partial charge in [0, 0.05) is 18.6 Å². The lowest BCUT2D eigenvalue weighted by Crippen LogP contribution is -2.29. The van der Waals surface area contributed by atoms with E-state index in [1.54, 1.807) is 20.3 Å². The van der Waals surface area contributed by atoms with E-state index in [0.717, 1.165) is 11.1 Å². The lowest BCUT2D eigenvalue weighted by atomic mass is 10.00. The molecule has 0 aliphatic heterocycles. The molecule has 0 bridgehead atoms. The number of nitrogens with one attached hydrogen (secondary N) is 1. The van der Waals surface area contributed by atoms with Gasteiger partial charge in [-0.2, -0.15) is 0 Å². The third kappa shape index (κ3) is 3.13. The summed E-state index contributed by atoms with van der Waals surface area (Å²) >= 11 is 0. The molecule has 5 heteroatoms. The summed E-state index contributed by atoms with van der Waals surface area (Å²) in [5.41, 5.74) is 1.65. The summed E-state index contributed by atoms with van der Waals surface area (Å²) in [4.78, 5) is 11.1. The van der Waals surface area contributed by atoms with Crippen molar-refractivity contribution in [1.29, 1.82) is 0 Å². The standard InChI is InChI=1S/C13H19NO4/c1-8-5-10(17-3)6-12(18-4)13(8)11(7-15)14-9(2)16/h5-6,11,15H,7H2,1-4H3,(H,14,16). The molecule has 0 saturated heterocycles. The molecule has 0 aliphatic carbocycles. The first-order chi connectivity index (χ1) is 8.53. The summed E-state index contributed by atoms with van der Waals surface area (Å²) in [5.74, 6) is 1.05. The maximum Gasteiger partial charge on any atom is 0.217 e. The quantitative estimate of drug-likeness (QED) is 0.827. The number of aliphatic hydroxyl groups is 1. The molecule has 0 fully saturated rings. The highest BCUT2D eigenvalue weighted by molar-refractivity contribution is 5.73. The fourth-order valence-corrected chi connectivity index (χ4v) is 1.92. The van der Waals surface area contributed by atoms with Crippen LogP contribution in [0.3, 0.4) is 0 Å². The SMILES string of the molecule is COc1cc(C)c(C(CO)NC(C)=O)c(OC)c1. The van der Waals surface area contributed by atoms with Crippen molar-refractivity contribution < 1.29 is 19.4 Å². The predicted molar refractivity (Wildman–Crippen MR) is 67.9 cm³/mol. The molecule has 5 nitrogen and oxygen atoms in total. The van der Waals surface area contributed by atoms with Gasteiger partial charge in [-0.25, -0.2) is 0 Å². The molecule has 2 N–H and O–H groups in total. The van der Waals surface area contributed by atoms with Crippen molar-refractivity contribution in [3.05, 3.63) is 23.3 Å². The van der Waals surface area contributed by atoms with Gasteiger partial charge in [-0.15, -0.1) is 0 Å². The molecule has 0 aliphatic rings. The fourth-order valence-electron chi connectivity index (χ4n) is 1.92. The van der Waals surface area contributed by atoms with E-state index in [1.165, 1.54) is 6.92 Å². The van der Waals surface area contributed by atoms with E-state index in [-0.39, 0.29) is 12.5 Å². The van der Waals surface area contributed by atoms with Crippen LogP contribution in [0.25, 0.3) is 0 Å². The highest BCUT2D eigenvalue weighted by atomic mass is 16.5. The Hall–Kier alpha value is -1.75. The Labute approximate surface area is 107 Å². The van der Waals surface area contributed by atoms with Gasteiger partial charge in [0.25, 0.3) is 0 Å². The van der Waals surface area contributed by atoms with Crippen molar-refractivity contribution in [1.82, 2.24) is 5.32 Å². The molecule has 1 rings (SSSR count). The van der Waals surface area contributed by atoms with Crippen LogP contribution in [0.4, 0.5) is 0 Å². The number of hydrogen-bond acceptors (Lipinski definition) is 4. The van der Waals surface area contributed by atoms with Crippen LogP contribution in [0.15, 0.2) is 12.1 Å². The molecule has 1 unspecified atom stereocenters. The molecular weight excluding hydrogens is 234 g/mol. The van der Waals surface area contributed by atoms with Crippen molar-refractivity contribution in [2.45, 2.75) is 19.9 Å². The summed E-state index contributed by atoms with van der Waals surface area (Å²) < 4.78 is 10.4. The second-order valence-corrected chi connectivity index (χ2v) is 4.00. The van der Waals surface area contributed by atoms with E-state index in [1.807, 2.05) is 13.0 Å². The topological polar surface area (TPSA) is 67.8 Å². The second-order valence-electron chi connectivity index (χ2n) is 4.00. The zero-order valence-electron chi connectivity index (χ0n) is 11.1. The number of ether oxygens (including phenoxy) is 2. The number of aliphatic hydroxyl groups excluding tert-OH is 1. The van der Waals surface area contributed by atoms with E-state index in [4.69, 9.17) is 9.47 Å². The van der Waals surface area contributed by atoms with Crippen LogP contribution < -0.4 is 14.8 Å². The first-order valence-corrected chi connectivity index (χ1v) is 5.64. The number of carbonyl (C=O) groups excluding carboxylic acids is 1. The Kier molecular flexibility index (Phi) is 4.97. The molecule has 1 atom stereocenters. The zero-order chi connectivity index (χ0) is 13.7. The van der Waals surface area contributed by atoms with Gasteiger partial charge >= 0.3 is 0 Å². The zero-order valence-corrected chi connectivity index (χ0v) is 11.1. The van der Waals surface area contributed by atoms with Crippen LogP contribution >= 0.6 is 0 Å². The lowest BCUT2D eigenvalue weighted by Gasteiger charge is -2.21. The Morgan fingerprint density at radius 3 is 2.50 bits per heavy atom. The molecule has 0 radical (unpaired) electrons. The molecule has 0 saturated carbocycles. The van der Waals surface area contributed by atoms with Crippen molar-refractivity contribution in [3.8, 4) is 11.5 Å². The van der Waals surface area contributed by atoms with Gasteiger partial charge in [0.2, 0.25) is 5.91 Å². The summed E-state index contributed by atoms with van der Waals surface area (Å²) in [6.45, 7) is 3.10. The van der Waals surface area contributed by atoms with Gasteiger partial charge in [0.1, 0.15) is 11.5 Å². The first-order valence-electron chi connectivity index (χ1n) is 5.64. The molecule has 0 aromatic heterocycles. The summed E-state index contributed by atoms with van der Waals surface area (Å²) in [5, 5.41) is 12.1. The Balaban J connectivity index is 3.23. The second kappa shape index (κ2) is 6.26. The summed E-state index contributed by atoms with van der Waals surface area (Å²) in [6.07, 6.45) is 0. The van der Waals surface area contributed by atoms with E-state index in [9.17, 15) is 9.90 Å². The monoisotopic (exact) mass is 253 g/mol. The number of amides is 1. The fraction of sp³-hybridized carbons (Fsp3) is 0.462. The smallest absolute Gasteiger partial charge is 0.217 e. The normalized spacial score (nSPS) is 11.8. The van der Waals surface area contributed by atoms with Gasteiger partial charge in [0.05, 0.1) is 26.9 Å². The molecule has 100 valence electrons. The van der Waals surface area contributed by atoms with Crippen LogP contribution in [0, 0.1) is 6.92 Å². The summed E-state index contributed by atoms with van der Waals surface area (Å²) in [6, 6.07) is 3.08. The minimum atomic E-state index is -0.483. The van der Waals surface area contributed by atoms with Crippen LogP contribution in [-0.2, 0) is 4.79 Å². The third-order valence-corrected chi connectivity index (χ3v) is 2.69. The lowest BCUT2D eigenvalue weighted by molar-refractivity contribution is -0.120. The van der Waals surface area contributed by atoms with E-state index >= 15 is 0 Å². The van der Waals surface area contributed by atoms with Crippen molar-refractivity contribution in [2.75, 3.05) is 20.8 Å². The molecule has 1 aromatic rings. The number of carbonyl (C=O) groups is 1. The van der Waals surface area contributed by atoms with Gasteiger partial charge < -0.3 is 19.9 Å². The molecule has 0 spiro atoms. The van der Waals surface area contributed by atoms with Crippen LogP contribution in [0.5, 0.6) is 11.5 Å². The van der Waals surface area contributed by atoms with Crippen molar-refractivity contribution >= 4 is 5.91 Å². The van der Waals surface area contributed by atoms with Gasteiger partial charge in [-0.3, -0.25) is 4.79 Å². The summed E-state index contributed by atoms with van der Waals surface area (Å²) in [7, 11) is 3.12. The number of methoxy groups -OCH3 is 2. The highest BCUT2D eigenvalue weighted by Crippen LogP contribution is 2.32. The number of aryl methyl sites for hydroxylation is 1. The van der Waals surface area contributed by atoms with E-state index in [0.29, 0.717) is 11.5 Å². The van der Waals surface area contributed by atoms with E-state index < -0.39 is 6.04 Å². The van der Waals surface area contributed by atoms with Gasteiger partial charge in [-0.05, 0) is 18.6 Å².